The first-order valence-corrected chi connectivity index (χ1v) is 8.04. The van der Waals surface area contributed by atoms with Crippen molar-refractivity contribution in [3.8, 4) is 0 Å². The quantitative estimate of drug-likeness (QED) is 0.652. The highest BCUT2D eigenvalue weighted by Crippen LogP contribution is 2.50. The van der Waals surface area contributed by atoms with Gasteiger partial charge in [-0.15, -0.1) is 0 Å². The van der Waals surface area contributed by atoms with Crippen LogP contribution in [0, 0.1) is 11.3 Å². The zero-order valence-corrected chi connectivity index (χ0v) is 11.1. The van der Waals surface area contributed by atoms with Crippen molar-refractivity contribution in [3.05, 3.63) is 0 Å². The van der Waals surface area contributed by atoms with Crippen LogP contribution in [0.5, 0.6) is 0 Å². The fourth-order valence-electron chi connectivity index (χ4n) is 2.22. The molecule has 17 heavy (non-hydrogen) atoms. The molecule has 0 aromatic heterocycles. The molecule has 2 saturated carbocycles. The van der Waals surface area contributed by atoms with Gasteiger partial charge in [-0.3, -0.25) is 4.79 Å². The maximum Gasteiger partial charge on any atom is 0.306 e. The second kappa shape index (κ2) is 4.59. The Bertz CT molecular complexity index is 391. The van der Waals surface area contributed by atoms with Gasteiger partial charge in [-0.2, -0.15) is 0 Å². The number of hydrogen-bond donors (Lipinski definition) is 0. The molecule has 4 nitrogen and oxygen atoms in total. The Hall–Kier alpha value is -0.580. The van der Waals surface area contributed by atoms with Crippen molar-refractivity contribution in [2.24, 2.45) is 11.3 Å². The first kappa shape index (κ1) is 12.9. The molecule has 2 rings (SSSR count). The van der Waals surface area contributed by atoms with E-state index in [1.165, 1.54) is 20.0 Å². The van der Waals surface area contributed by atoms with Gasteiger partial charge in [0.1, 0.15) is 0 Å². The number of carbonyl (C=O) groups excluding carboxylic acids is 1. The van der Waals surface area contributed by atoms with Crippen LogP contribution in [0.4, 0.5) is 0 Å². The normalized spacial score (nSPS) is 22.2. The van der Waals surface area contributed by atoms with Gasteiger partial charge >= 0.3 is 5.97 Å². The molecule has 0 atom stereocenters. The highest BCUT2D eigenvalue weighted by molar-refractivity contribution is 7.91. The molecule has 5 heteroatoms. The summed E-state index contributed by atoms with van der Waals surface area (Å²) in [5.74, 6) is 0.808. The molecular weight excluding hydrogens is 240 g/mol. The van der Waals surface area contributed by atoms with E-state index in [2.05, 4.69) is 4.74 Å². The Morgan fingerprint density at radius 2 is 2.00 bits per heavy atom. The average molecular weight is 260 g/mol. The number of methoxy groups -OCH3 is 1. The van der Waals surface area contributed by atoms with E-state index in [1.54, 1.807) is 0 Å². The summed E-state index contributed by atoms with van der Waals surface area (Å²) in [6, 6.07) is 0. The largest absolute Gasteiger partial charge is 0.469 e. The van der Waals surface area contributed by atoms with Crippen molar-refractivity contribution in [2.45, 2.75) is 38.5 Å². The van der Waals surface area contributed by atoms with Gasteiger partial charge in [-0.1, -0.05) is 12.8 Å². The van der Waals surface area contributed by atoms with Gasteiger partial charge in [0.25, 0.3) is 0 Å². The van der Waals surface area contributed by atoms with Crippen LogP contribution in [0.1, 0.15) is 38.5 Å². The van der Waals surface area contributed by atoms with Crippen LogP contribution in [0.25, 0.3) is 0 Å². The number of hydrogen-bond acceptors (Lipinski definition) is 4. The fourth-order valence-corrected chi connectivity index (χ4v) is 4.38. The summed E-state index contributed by atoms with van der Waals surface area (Å²) in [4.78, 5) is 11.2. The topological polar surface area (TPSA) is 60.4 Å². The first-order chi connectivity index (χ1) is 7.95. The Morgan fingerprint density at radius 1 is 1.35 bits per heavy atom. The lowest BCUT2D eigenvalue weighted by Gasteiger charge is -2.13. The third-order valence-corrected chi connectivity index (χ3v) is 5.67. The summed E-state index contributed by atoms with van der Waals surface area (Å²) >= 11 is 0. The van der Waals surface area contributed by atoms with Crippen LogP contribution >= 0.6 is 0 Å². The Balaban J connectivity index is 1.83. The minimum atomic E-state index is -2.99. The van der Waals surface area contributed by atoms with Crippen LogP contribution in [-0.2, 0) is 19.4 Å². The maximum absolute atomic E-state index is 11.9. The van der Waals surface area contributed by atoms with Crippen molar-refractivity contribution in [2.75, 3.05) is 18.6 Å². The standard InChI is InChI=1S/C12H20O4S/c1-16-11(13)8-12(5-6-12)9-17(14,15)7-4-10-2-3-10/h10H,2-9H2,1H3. The molecule has 2 fully saturated rings. The first-order valence-electron chi connectivity index (χ1n) is 6.22. The molecule has 0 spiro atoms. The summed E-state index contributed by atoms with van der Waals surface area (Å²) < 4.78 is 28.5. The molecule has 2 aliphatic carbocycles. The molecule has 0 radical (unpaired) electrons. The van der Waals surface area contributed by atoms with Gasteiger partial charge in [0.05, 0.1) is 25.0 Å². The zero-order chi connectivity index (χ0) is 12.5. The smallest absolute Gasteiger partial charge is 0.306 e. The van der Waals surface area contributed by atoms with Crippen molar-refractivity contribution in [1.29, 1.82) is 0 Å². The van der Waals surface area contributed by atoms with Crippen LogP contribution in [-0.4, -0.2) is 33.0 Å². The fraction of sp³-hybridized carbons (Fsp3) is 0.917. The second-order valence-electron chi connectivity index (χ2n) is 5.58. The average Bonchev–Trinajstić information content (AvgIpc) is 3.11. The van der Waals surface area contributed by atoms with Crippen LogP contribution in [0.2, 0.25) is 0 Å². The summed E-state index contributed by atoms with van der Waals surface area (Å²) in [5.41, 5.74) is -0.296. The molecule has 0 aromatic rings. The number of esters is 1. The molecule has 0 aromatic carbocycles. The Kier molecular flexibility index (Phi) is 3.48. The van der Waals surface area contributed by atoms with E-state index >= 15 is 0 Å². The molecule has 2 aliphatic rings. The minimum absolute atomic E-state index is 0.168. The third kappa shape index (κ3) is 3.98. The third-order valence-electron chi connectivity index (χ3n) is 3.76. The van der Waals surface area contributed by atoms with Gasteiger partial charge in [0, 0.05) is 0 Å². The molecule has 0 saturated heterocycles. The van der Waals surface area contributed by atoms with E-state index in [-0.39, 0.29) is 23.6 Å². The van der Waals surface area contributed by atoms with E-state index in [0.29, 0.717) is 11.7 Å². The Labute approximate surface area is 103 Å². The highest BCUT2D eigenvalue weighted by atomic mass is 32.2. The van der Waals surface area contributed by atoms with Crippen molar-refractivity contribution in [1.82, 2.24) is 0 Å². The SMILES string of the molecule is COC(=O)CC1(CS(=O)(=O)CCC2CC2)CC1. The van der Waals surface area contributed by atoms with Gasteiger partial charge in [-0.25, -0.2) is 8.42 Å². The van der Waals surface area contributed by atoms with Crippen LogP contribution in [0.3, 0.4) is 0 Å². The van der Waals surface area contributed by atoms with E-state index in [4.69, 9.17) is 0 Å². The van der Waals surface area contributed by atoms with Gasteiger partial charge < -0.3 is 4.74 Å². The summed E-state index contributed by atoms with van der Waals surface area (Å²) in [7, 11) is -1.65. The molecule has 0 bridgehead atoms. The Morgan fingerprint density at radius 3 is 2.47 bits per heavy atom. The number of ether oxygens (including phenoxy) is 1. The van der Waals surface area contributed by atoms with Crippen LogP contribution < -0.4 is 0 Å². The van der Waals surface area contributed by atoms with Gasteiger partial charge in [-0.05, 0) is 30.6 Å². The maximum atomic E-state index is 11.9. The molecule has 0 amide bonds. The molecule has 0 N–H and O–H groups in total. The summed E-state index contributed by atoms with van der Waals surface area (Å²) in [6.07, 6.45) is 5.10. The van der Waals surface area contributed by atoms with Crippen molar-refractivity contribution < 1.29 is 17.9 Å². The summed E-state index contributed by atoms with van der Waals surface area (Å²) in [6.45, 7) is 0. The monoisotopic (exact) mass is 260 g/mol. The van der Waals surface area contributed by atoms with E-state index in [9.17, 15) is 13.2 Å². The second-order valence-corrected chi connectivity index (χ2v) is 7.76. The number of sulfone groups is 1. The molecular formula is C12H20O4S. The lowest BCUT2D eigenvalue weighted by Crippen LogP contribution is -2.23. The molecule has 98 valence electrons. The van der Waals surface area contributed by atoms with Gasteiger partial charge in [0.15, 0.2) is 9.84 Å². The number of rotatable bonds is 7. The van der Waals surface area contributed by atoms with Crippen LogP contribution in [0.15, 0.2) is 0 Å². The predicted molar refractivity (Wildman–Crippen MR) is 64.3 cm³/mol. The lowest BCUT2D eigenvalue weighted by atomic mass is 10.1. The number of carbonyl (C=O) groups is 1. The van der Waals surface area contributed by atoms with Gasteiger partial charge in [0.2, 0.25) is 0 Å². The van der Waals surface area contributed by atoms with Crippen molar-refractivity contribution in [3.63, 3.8) is 0 Å². The van der Waals surface area contributed by atoms with E-state index in [0.717, 1.165) is 19.3 Å². The summed E-state index contributed by atoms with van der Waals surface area (Å²) in [5, 5.41) is 0. The van der Waals surface area contributed by atoms with Crippen molar-refractivity contribution >= 4 is 15.8 Å². The lowest BCUT2D eigenvalue weighted by molar-refractivity contribution is -0.141. The minimum Gasteiger partial charge on any atom is -0.469 e. The highest BCUT2D eigenvalue weighted by Gasteiger charge is 2.47. The zero-order valence-electron chi connectivity index (χ0n) is 10.3. The predicted octanol–water partition coefficient (Wildman–Crippen LogP) is 1.54. The molecule has 0 heterocycles. The van der Waals surface area contributed by atoms with E-state index in [1.807, 2.05) is 0 Å². The molecule has 0 aliphatic heterocycles. The van der Waals surface area contributed by atoms with E-state index < -0.39 is 9.84 Å². The molecule has 0 unspecified atom stereocenters.